The van der Waals surface area contributed by atoms with Gasteiger partial charge < -0.3 is 21.7 Å². The molecular formula is C26H40N6O. The molecule has 7 heteroatoms. The number of carbonyl (C=O) groups excluding carboxylic acids is 1. The van der Waals surface area contributed by atoms with Crippen LogP contribution in [0.4, 0.5) is 5.69 Å². The predicted octanol–water partition coefficient (Wildman–Crippen LogP) is 3.77. The molecule has 0 bridgehead atoms. The lowest BCUT2D eigenvalue weighted by Crippen LogP contribution is -2.39. The van der Waals surface area contributed by atoms with E-state index in [9.17, 15) is 4.79 Å². The van der Waals surface area contributed by atoms with Crippen LogP contribution in [0.3, 0.4) is 0 Å². The summed E-state index contributed by atoms with van der Waals surface area (Å²) in [5, 5.41) is 9.78. The minimum atomic E-state index is 0.207. The van der Waals surface area contributed by atoms with Gasteiger partial charge in [-0.2, -0.15) is 0 Å². The molecule has 0 saturated carbocycles. The maximum Gasteiger partial charge on any atom is 0.162 e. The number of aryl methyl sites for hydroxylation is 2. The Morgan fingerprint density at radius 1 is 1.15 bits per heavy atom. The van der Waals surface area contributed by atoms with Crippen molar-refractivity contribution in [3.05, 3.63) is 77.5 Å². The smallest absolute Gasteiger partial charge is 0.162 e. The topological polar surface area (TPSA) is 105 Å². The fourth-order valence-corrected chi connectivity index (χ4v) is 2.97. The maximum absolute atomic E-state index is 11.9. The lowest BCUT2D eigenvalue weighted by atomic mass is 10.0. The first-order valence-electron chi connectivity index (χ1n) is 11.6. The second kappa shape index (κ2) is 17.5. The summed E-state index contributed by atoms with van der Waals surface area (Å²) in [6, 6.07) is 5.79. The molecule has 0 aliphatic carbocycles. The Bertz CT molecular complexity index is 849. The van der Waals surface area contributed by atoms with Crippen molar-refractivity contribution in [1.82, 2.24) is 20.6 Å². The minimum Gasteiger partial charge on any atom is -0.404 e. The van der Waals surface area contributed by atoms with Crippen LogP contribution < -0.4 is 21.7 Å². The summed E-state index contributed by atoms with van der Waals surface area (Å²) in [4.78, 5) is 19.6. The highest BCUT2D eigenvalue weighted by Gasteiger charge is 2.07. The van der Waals surface area contributed by atoms with E-state index in [0.717, 1.165) is 60.7 Å². The number of allylic oxidation sites excluding steroid dienone is 1. The molecule has 5 N–H and O–H groups in total. The first-order chi connectivity index (χ1) is 16.0. The quantitative estimate of drug-likeness (QED) is 0.374. The molecule has 0 radical (unpaired) electrons. The Balaban J connectivity index is 0.000000335. The number of piperazine rings is 1. The van der Waals surface area contributed by atoms with Crippen molar-refractivity contribution in [3.8, 4) is 0 Å². The Kier molecular flexibility index (Phi) is 14.9. The van der Waals surface area contributed by atoms with Gasteiger partial charge in [-0.15, -0.1) is 0 Å². The van der Waals surface area contributed by atoms with E-state index >= 15 is 0 Å². The summed E-state index contributed by atoms with van der Waals surface area (Å²) in [7, 11) is 0. The van der Waals surface area contributed by atoms with Crippen LogP contribution in [0, 0.1) is 13.8 Å². The molecular weight excluding hydrogens is 412 g/mol. The van der Waals surface area contributed by atoms with Gasteiger partial charge in [-0.25, -0.2) is 0 Å². The third kappa shape index (κ3) is 12.6. The van der Waals surface area contributed by atoms with Crippen LogP contribution in [0.5, 0.6) is 0 Å². The number of aromatic nitrogens is 2. The van der Waals surface area contributed by atoms with Crippen molar-refractivity contribution in [1.29, 1.82) is 0 Å². The van der Waals surface area contributed by atoms with Crippen molar-refractivity contribution in [2.24, 2.45) is 5.73 Å². The number of anilines is 1. The highest BCUT2D eigenvalue weighted by molar-refractivity contribution is 5.96. The Labute approximate surface area is 199 Å². The zero-order valence-electron chi connectivity index (χ0n) is 20.5. The lowest BCUT2D eigenvalue weighted by Gasteiger charge is -2.11. The van der Waals surface area contributed by atoms with Crippen LogP contribution in [0.1, 0.15) is 48.3 Å². The highest BCUT2D eigenvalue weighted by atomic mass is 16.1. The van der Waals surface area contributed by atoms with E-state index in [1.165, 1.54) is 0 Å². The van der Waals surface area contributed by atoms with E-state index in [1.807, 2.05) is 58.0 Å². The number of nitrogens with two attached hydrogens (primary N) is 1. The Morgan fingerprint density at radius 2 is 1.85 bits per heavy atom. The molecule has 2 heterocycles. The van der Waals surface area contributed by atoms with E-state index in [2.05, 4.69) is 25.9 Å². The van der Waals surface area contributed by atoms with Gasteiger partial charge in [0.2, 0.25) is 0 Å². The molecule has 2 aromatic rings. The van der Waals surface area contributed by atoms with Gasteiger partial charge in [-0.1, -0.05) is 19.1 Å². The minimum absolute atomic E-state index is 0.207. The Morgan fingerprint density at radius 3 is 2.27 bits per heavy atom. The van der Waals surface area contributed by atoms with Crippen LogP contribution in [0.2, 0.25) is 0 Å². The zero-order valence-corrected chi connectivity index (χ0v) is 20.5. The van der Waals surface area contributed by atoms with Crippen LogP contribution in [-0.4, -0.2) is 48.5 Å². The number of ketones is 1. The zero-order chi connectivity index (χ0) is 24.3. The van der Waals surface area contributed by atoms with Crippen molar-refractivity contribution < 1.29 is 4.79 Å². The number of Topliss-reactive ketones (excluding diaryl/α,β-unsaturated/α-hetero) is 1. The SMILES string of the molecule is C/C=C\C(=C/N)CNc1ccc(C(=O)CCC)cc1C.C1CNCCN1.Cc1cnccn1. The second-order valence-electron chi connectivity index (χ2n) is 7.64. The number of nitrogens with one attached hydrogen (secondary N) is 3. The van der Waals surface area contributed by atoms with Gasteiger partial charge in [0.1, 0.15) is 0 Å². The highest BCUT2D eigenvalue weighted by Crippen LogP contribution is 2.18. The van der Waals surface area contributed by atoms with Gasteiger partial charge in [-0.05, 0) is 62.7 Å². The van der Waals surface area contributed by atoms with Gasteiger partial charge in [-0.3, -0.25) is 14.8 Å². The van der Waals surface area contributed by atoms with Crippen LogP contribution in [0.15, 0.2) is 60.7 Å². The van der Waals surface area contributed by atoms with Crippen molar-refractivity contribution >= 4 is 11.5 Å². The van der Waals surface area contributed by atoms with Crippen molar-refractivity contribution in [2.75, 3.05) is 38.0 Å². The number of rotatable bonds is 7. The number of carbonyl (C=O) groups is 1. The number of hydrogen-bond donors (Lipinski definition) is 4. The van der Waals surface area contributed by atoms with E-state index in [-0.39, 0.29) is 5.78 Å². The summed E-state index contributed by atoms with van der Waals surface area (Å²) in [5.74, 6) is 0.207. The molecule has 1 aliphatic rings. The number of benzene rings is 1. The van der Waals surface area contributed by atoms with Crippen molar-refractivity contribution in [3.63, 3.8) is 0 Å². The number of nitrogens with zero attached hydrogens (tertiary/aromatic N) is 2. The fraction of sp³-hybridized carbons (Fsp3) is 0.423. The fourth-order valence-electron chi connectivity index (χ4n) is 2.97. The van der Waals surface area contributed by atoms with Crippen molar-refractivity contribution in [2.45, 2.75) is 40.5 Å². The van der Waals surface area contributed by atoms with Gasteiger partial charge >= 0.3 is 0 Å². The van der Waals surface area contributed by atoms with E-state index in [0.29, 0.717) is 13.0 Å². The normalized spacial score (nSPS) is 13.4. The molecule has 0 unspecified atom stereocenters. The average molecular weight is 453 g/mol. The van der Waals surface area contributed by atoms with Gasteiger partial charge in [0.05, 0.1) is 5.69 Å². The molecule has 3 rings (SSSR count). The van der Waals surface area contributed by atoms with Gasteiger partial charge in [0.25, 0.3) is 0 Å². The molecule has 1 aromatic carbocycles. The molecule has 1 aliphatic heterocycles. The van der Waals surface area contributed by atoms with Gasteiger partial charge in [0.15, 0.2) is 5.78 Å². The summed E-state index contributed by atoms with van der Waals surface area (Å²) in [6.45, 7) is 13.1. The number of hydrogen-bond acceptors (Lipinski definition) is 7. The second-order valence-corrected chi connectivity index (χ2v) is 7.64. The van der Waals surface area contributed by atoms with Crippen LogP contribution >= 0.6 is 0 Å². The van der Waals surface area contributed by atoms with E-state index < -0.39 is 0 Å². The van der Waals surface area contributed by atoms with E-state index in [1.54, 1.807) is 24.8 Å². The first-order valence-corrected chi connectivity index (χ1v) is 11.6. The third-order valence-corrected chi connectivity index (χ3v) is 4.75. The molecule has 0 atom stereocenters. The predicted molar refractivity (Wildman–Crippen MR) is 138 cm³/mol. The average Bonchev–Trinajstić information content (AvgIpc) is 2.85. The lowest BCUT2D eigenvalue weighted by molar-refractivity contribution is 0.0981. The molecule has 1 aromatic heterocycles. The molecule has 180 valence electrons. The molecule has 1 saturated heterocycles. The summed E-state index contributed by atoms with van der Waals surface area (Å²) >= 11 is 0. The largest absolute Gasteiger partial charge is 0.404 e. The Hall–Kier alpha value is -3.03. The standard InChI is InChI=1S/C17H24N2O.C5H6N2.C4H10N2/c1-4-6-14(11-18)12-19-16-9-8-15(10-13(16)3)17(20)7-5-2;1-5-4-6-2-3-7-5;1-2-6-4-3-5-1/h4,6,8-11,19H,5,7,12,18H2,1-3H3;2-4H,1H3;5-6H,1-4H2/b6-4-,14-11+;;. The van der Waals surface area contributed by atoms with Gasteiger partial charge in [0, 0.05) is 69.0 Å². The first kappa shape index (κ1) is 28.0. The molecule has 1 fully saturated rings. The van der Waals surface area contributed by atoms with Crippen LogP contribution in [0.25, 0.3) is 0 Å². The molecule has 7 nitrogen and oxygen atoms in total. The van der Waals surface area contributed by atoms with Crippen LogP contribution in [-0.2, 0) is 0 Å². The molecule has 0 spiro atoms. The third-order valence-electron chi connectivity index (χ3n) is 4.75. The maximum atomic E-state index is 11.9. The monoisotopic (exact) mass is 452 g/mol. The van der Waals surface area contributed by atoms with E-state index in [4.69, 9.17) is 5.73 Å². The molecule has 33 heavy (non-hydrogen) atoms. The molecule has 0 amide bonds. The summed E-state index contributed by atoms with van der Waals surface area (Å²) in [6.07, 6.45) is 12.1. The summed E-state index contributed by atoms with van der Waals surface area (Å²) < 4.78 is 0. The summed E-state index contributed by atoms with van der Waals surface area (Å²) in [5.41, 5.74) is 10.4.